The number of carbonyl (C=O) groups is 1. The van der Waals surface area contributed by atoms with E-state index in [2.05, 4.69) is 20.9 Å². The van der Waals surface area contributed by atoms with Crippen molar-refractivity contribution in [2.45, 2.75) is 19.8 Å². The van der Waals surface area contributed by atoms with Gasteiger partial charge in [-0.3, -0.25) is 4.79 Å². The Morgan fingerprint density at radius 3 is 2.76 bits per heavy atom. The number of carbonyl (C=O) groups excluding carboxylic acids is 1. The van der Waals surface area contributed by atoms with Gasteiger partial charge in [0.2, 0.25) is 0 Å². The monoisotopic (exact) mass is 419 g/mol. The SMILES string of the molecule is CCOC(=O)Cc1cc(Br)c(C(F)F)c(I)n1. The van der Waals surface area contributed by atoms with Crippen LogP contribution >= 0.6 is 38.5 Å². The third kappa shape index (κ3) is 4.13. The van der Waals surface area contributed by atoms with Crippen LogP contribution in [0.3, 0.4) is 0 Å². The summed E-state index contributed by atoms with van der Waals surface area (Å²) in [6.07, 6.45) is -2.62. The van der Waals surface area contributed by atoms with Gasteiger partial charge in [0.05, 0.1) is 24.3 Å². The van der Waals surface area contributed by atoms with E-state index in [9.17, 15) is 13.6 Å². The van der Waals surface area contributed by atoms with E-state index in [1.54, 1.807) is 29.5 Å². The number of alkyl halides is 2. The number of ether oxygens (including phenoxy) is 1. The van der Waals surface area contributed by atoms with E-state index in [-0.39, 0.29) is 26.8 Å². The first-order valence-electron chi connectivity index (χ1n) is 4.74. The fourth-order valence-corrected chi connectivity index (χ4v) is 3.02. The highest BCUT2D eigenvalue weighted by Crippen LogP contribution is 2.31. The van der Waals surface area contributed by atoms with Crippen LogP contribution in [0.5, 0.6) is 0 Å². The average Bonchev–Trinajstić information content (AvgIpc) is 2.15. The lowest BCUT2D eigenvalue weighted by molar-refractivity contribution is -0.142. The molecule has 17 heavy (non-hydrogen) atoms. The Morgan fingerprint density at radius 1 is 1.65 bits per heavy atom. The molecule has 0 unspecified atom stereocenters. The molecule has 3 nitrogen and oxygen atoms in total. The minimum absolute atomic E-state index is 0.0219. The minimum atomic E-state index is -2.60. The van der Waals surface area contributed by atoms with Crippen molar-refractivity contribution in [2.24, 2.45) is 0 Å². The quantitative estimate of drug-likeness (QED) is 0.426. The van der Waals surface area contributed by atoms with Gasteiger partial charge in [0.25, 0.3) is 6.43 Å². The first kappa shape index (κ1) is 14.7. The second-order valence-corrected chi connectivity index (χ2v) is 4.96. The predicted molar refractivity (Wildman–Crippen MR) is 69.9 cm³/mol. The van der Waals surface area contributed by atoms with Crippen LogP contribution in [0, 0.1) is 3.70 Å². The summed E-state index contributed by atoms with van der Waals surface area (Å²) < 4.78 is 30.5. The molecule has 0 saturated carbocycles. The molecule has 1 aromatic heterocycles. The molecule has 94 valence electrons. The predicted octanol–water partition coefficient (Wildman–Crippen LogP) is 3.49. The van der Waals surface area contributed by atoms with Crippen LogP contribution in [0.1, 0.15) is 24.6 Å². The molecule has 0 fully saturated rings. The first-order valence-corrected chi connectivity index (χ1v) is 6.61. The molecule has 1 heterocycles. The van der Waals surface area contributed by atoms with Crippen LogP contribution < -0.4 is 0 Å². The van der Waals surface area contributed by atoms with Gasteiger partial charge in [-0.25, -0.2) is 13.8 Å². The number of aromatic nitrogens is 1. The van der Waals surface area contributed by atoms with Gasteiger partial charge in [0.1, 0.15) is 3.70 Å². The van der Waals surface area contributed by atoms with Crippen molar-refractivity contribution < 1.29 is 18.3 Å². The topological polar surface area (TPSA) is 39.2 Å². The summed E-state index contributed by atoms with van der Waals surface area (Å²) in [5.41, 5.74) is 0.252. The summed E-state index contributed by atoms with van der Waals surface area (Å²) in [5, 5.41) is 0. The van der Waals surface area contributed by atoms with Gasteiger partial charge in [0, 0.05) is 4.47 Å². The number of esters is 1. The number of rotatable bonds is 4. The smallest absolute Gasteiger partial charge is 0.311 e. The molecule has 0 aliphatic heterocycles. The van der Waals surface area contributed by atoms with Gasteiger partial charge in [-0.2, -0.15) is 0 Å². The zero-order valence-corrected chi connectivity index (χ0v) is 12.6. The zero-order valence-electron chi connectivity index (χ0n) is 8.84. The Bertz CT molecular complexity index is 406. The van der Waals surface area contributed by atoms with Crippen molar-refractivity contribution in [3.05, 3.63) is 25.5 Å². The lowest BCUT2D eigenvalue weighted by Gasteiger charge is -2.08. The van der Waals surface area contributed by atoms with Gasteiger partial charge in [-0.15, -0.1) is 0 Å². The average molecular weight is 420 g/mol. The molecular formula is C10H9BrF2INO2. The highest BCUT2D eigenvalue weighted by atomic mass is 127. The van der Waals surface area contributed by atoms with E-state index in [1.165, 1.54) is 6.07 Å². The van der Waals surface area contributed by atoms with Gasteiger partial charge < -0.3 is 4.74 Å². The Labute approximate surface area is 119 Å². The Morgan fingerprint density at radius 2 is 2.29 bits per heavy atom. The Balaban J connectivity index is 2.94. The van der Waals surface area contributed by atoms with E-state index in [4.69, 9.17) is 4.74 Å². The number of pyridine rings is 1. The van der Waals surface area contributed by atoms with E-state index < -0.39 is 12.4 Å². The number of nitrogens with zero attached hydrogens (tertiary/aromatic N) is 1. The molecular weight excluding hydrogens is 411 g/mol. The molecule has 0 amide bonds. The molecule has 1 aromatic rings. The summed E-state index contributed by atoms with van der Waals surface area (Å²) in [7, 11) is 0. The van der Waals surface area contributed by atoms with Gasteiger partial charge in [-0.05, 0) is 35.6 Å². The molecule has 0 atom stereocenters. The molecule has 0 saturated heterocycles. The molecule has 0 aromatic carbocycles. The van der Waals surface area contributed by atoms with Crippen molar-refractivity contribution in [1.29, 1.82) is 0 Å². The van der Waals surface area contributed by atoms with Crippen molar-refractivity contribution in [3.63, 3.8) is 0 Å². The van der Waals surface area contributed by atoms with Crippen LogP contribution in [0.2, 0.25) is 0 Å². The first-order chi connectivity index (χ1) is 7.95. The highest BCUT2D eigenvalue weighted by molar-refractivity contribution is 14.1. The maximum atomic E-state index is 12.6. The standard InChI is InChI=1S/C10H9BrF2INO2/c1-2-17-7(16)4-5-3-6(11)8(9(12)13)10(14)15-5/h3,9H,2,4H2,1H3. The Kier molecular flexibility index (Phi) is 5.71. The van der Waals surface area contributed by atoms with Gasteiger partial charge in [-0.1, -0.05) is 15.9 Å². The maximum absolute atomic E-state index is 12.6. The number of hydrogen-bond donors (Lipinski definition) is 0. The third-order valence-corrected chi connectivity index (χ3v) is 3.34. The van der Waals surface area contributed by atoms with E-state index in [0.29, 0.717) is 5.69 Å². The molecule has 0 spiro atoms. The summed E-state index contributed by atoms with van der Waals surface area (Å²) in [4.78, 5) is 15.2. The molecule has 1 rings (SSSR count). The second kappa shape index (κ2) is 6.58. The van der Waals surface area contributed by atoms with Crippen molar-refractivity contribution in [2.75, 3.05) is 6.61 Å². The van der Waals surface area contributed by atoms with Crippen LogP contribution in [0.25, 0.3) is 0 Å². The fraction of sp³-hybridized carbons (Fsp3) is 0.400. The fourth-order valence-electron chi connectivity index (χ4n) is 1.19. The summed E-state index contributed by atoms with van der Waals surface area (Å²) in [6, 6.07) is 1.42. The molecule has 0 bridgehead atoms. The van der Waals surface area contributed by atoms with Gasteiger partial charge >= 0.3 is 5.97 Å². The van der Waals surface area contributed by atoms with Crippen molar-refractivity contribution in [3.8, 4) is 0 Å². The highest BCUT2D eigenvalue weighted by Gasteiger charge is 2.19. The van der Waals surface area contributed by atoms with E-state index in [0.717, 1.165) is 0 Å². The maximum Gasteiger partial charge on any atom is 0.311 e. The molecule has 0 N–H and O–H groups in total. The number of hydrogen-bond acceptors (Lipinski definition) is 3. The lowest BCUT2D eigenvalue weighted by Crippen LogP contribution is -2.10. The zero-order chi connectivity index (χ0) is 13.0. The van der Waals surface area contributed by atoms with Gasteiger partial charge in [0.15, 0.2) is 0 Å². The van der Waals surface area contributed by atoms with Crippen LogP contribution in [-0.2, 0) is 16.0 Å². The van der Waals surface area contributed by atoms with Crippen LogP contribution in [0.4, 0.5) is 8.78 Å². The molecule has 7 heteroatoms. The summed E-state index contributed by atoms with van der Waals surface area (Å²) >= 11 is 4.77. The summed E-state index contributed by atoms with van der Waals surface area (Å²) in [6.45, 7) is 1.98. The molecule has 0 radical (unpaired) electrons. The van der Waals surface area contributed by atoms with Crippen molar-refractivity contribution >= 4 is 44.5 Å². The normalized spacial score (nSPS) is 10.7. The summed E-state index contributed by atoms with van der Waals surface area (Å²) in [5.74, 6) is -0.424. The minimum Gasteiger partial charge on any atom is -0.466 e. The molecule has 0 aliphatic rings. The third-order valence-electron chi connectivity index (χ3n) is 1.86. The van der Waals surface area contributed by atoms with E-state index in [1.807, 2.05) is 0 Å². The van der Waals surface area contributed by atoms with Crippen molar-refractivity contribution in [1.82, 2.24) is 4.98 Å². The Hall–Kier alpha value is -0.310. The number of halogens is 4. The largest absolute Gasteiger partial charge is 0.466 e. The second-order valence-electron chi connectivity index (χ2n) is 3.08. The van der Waals surface area contributed by atoms with Crippen LogP contribution in [-0.4, -0.2) is 17.6 Å². The molecule has 0 aliphatic carbocycles. The lowest BCUT2D eigenvalue weighted by atomic mass is 10.2. The van der Waals surface area contributed by atoms with Crippen LogP contribution in [0.15, 0.2) is 10.5 Å². The van der Waals surface area contributed by atoms with E-state index >= 15 is 0 Å².